The lowest BCUT2D eigenvalue weighted by atomic mass is 10.4. The fraction of sp³-hybridized carbons (Fsp3) is 1.00. The summed E-state index contributed by atoms with van der Waals surface area (Å²) in [7, 11) is 0. The van der Waals surface area contributed by atoms with Gasteiger partial charge in [-0.3, -0.25) is 4.90 Å². The molecule has 0 fully saturated rings. The molecule has 0 aromatic rings. The first-order valence-corrected chi connectivity index (χ1v) is 16.0. The average Bonchev–Trinajstić information content (AvgIpc) is 3.02. The Bertz CT molecular complexity index is 429. The molecule has 0 aliphatic carbocycles. The molecule has 0 rings (SSSR count). The van der Waals surface area contributed by atoms with Gasteiger partial charge >= 0.3 is 0 Å². The van der Waals surface area contributed by atoms with E-state index in [1.807, 2.05) is 20.8 Å². The maximum absolute atomic E-state index is 5.76. The van der Waals surface area contributed by atoms with Gasteiger partial charge in [-0.05, 0) is 20.8 Å². The third kappa shape index (κ3) is 37.6. The third-order valence-electron chi connectivity index (χ3n) is 5.62. The van der Waals surface area contributed by atoms with E-state index in [1.165, 1.54) is 0 Å². The summed E-state index contributed by atoms with van der Waals surface area (Å²) in [5.41, 5.74) is 0. The highest BCUT2D eigenvalue weighted by atomic mass is 16.6. The molecule has 0 bridgehead atoms. The summed E-state index contributed by atoms with van der Waals surface area (Å²) >= 11 is 0. The fourth-order valence-corrected chi connectivity index (χ4v) is 3.33. The van der Waals surface area contributed by atoms with Crippen molar-refractivity contribution >= 4 is 0 Å². The predicted molar refractivity (Wildman–Crippen MR) is 163 cm³/mol. The van der Waals surface area contributed by atoms with Crippen LogP contribution < -0.4 is 0 Å². The van der Waals surface area contributed by atoms with Gasteiger partial charge in [0.25, 0.3) is 0 Å². The molecule has 13 heteroatoms. The second-order valence-electron chi connectivity index (χ2n) is 8.94. The van der Waals surface area contributed by atoms with E-state index in [2.05, 4.69) is 4.90 Å². The van der Waals surface area contributed by atoms with Gasteiger partial charge in [0, 0.05) is 39.5 Å². The van der Waals surface area contributed by atoms with E-state index in [1.54, 1.807) is 0 Å². The number of ether oxygens (including phenoxy) is 12. The van der Waals surface area contributed by atoms with Crippen molar-refractivity contribution in [3.63, 3.8) is 0 Å². The largest absolute Gasteiger partial charge is 0.379 e. The number of hydrogen-bond donors (Lipinski definition) is 0. The molecule has 0 radical (unpaired) electrons. The molecule has 0 amide bonds. The Labute approximate surface area is 260 Å². The SMILES string of the molecule is CCOCCOCCOCCOCCN(CCOCCOCCOCCOCC)CCOCCOCCOCCOCC. The van der Waals surface area contributed by atoms with E-state index in [9.17, 15) is 0 Å². The van der Waals surface area contributed by atoms with Crippen molar-refractivity contribution in [2.45, 2.75) is 20.8 Å². The van der Waals surface area contributed by atoms with E-state index in [0.717, 1.165) is 19.6 Å². The van der Waals surface area contributed by atoms with Gasteiger partial charge in [-0.1, -0.05) is 0 Å². The van der Waals surface area contributed by atoms with Crippen molar-refractivity contribution in [2.75, 3.05) is 178 Å². The second-order valence-corrected chi connectivity index (χ2v) is 8.94. The molecule has 0 aromatic carbocycles. The summed E-state index contributed by atoms with van der Waals surface area (Å²) in [6, 6.07) is 0. The minimum absolute atomic E-state index is 0.538. The number of rotatable bonds is 39. The van der Waals surface area contributed by atoms with Crippen LogP contribution in [0, 0.1) is 0 Å². The van der Waals surface area contributed by atoms with Crippen molar-refractivity contribution in [1.82, 2.24) is 4.90 Å². The van der Waals surface area contributed by atoms with Gasteiger partial charge in [0.2, 0.25) is 0 Å². The summed E-state index contributed by atoms with van der Waals surface area (Å²) in [5.74, 6) is 0. The van der Waals surface area contributed by atoms with Crippen molar-refractivity contribution < 1.29 is 56.8 Å². The van der Waals surface area contributed by atoms with E-state index in [4.69, 9.17) is 56.8 Å². The van der Waals surface area contributed by atoms with Crippen LogP contribution in [0.25, 0.3) is 0 Å². The molecule has 0 atom stereocenters. The van der Waals surface area contributed by atoms with Gasteiger partial charge < -0.3 is 56.8 Å². The minimum atomic E-state index is 0.538. The van der Waals surface area contributed by atoms with Crippen LogP contribution in [0.4, 0.5) is 0 Å². The Morgan fingerprint density at radius 1 is 0.233 bits per heavy atom. The molecule has 0 heterocycles. The zero-order valence-electron chi connectivity index (χ0n) is 27.4. The smallest absolute Gasteiger partial charge is 0.0701 e. The Hall–Kier alpha value is -0.520. The standard InChI is InChI=1S/C30H63NO12/c1-4-32-13-16-38-25-28-41-22-19-35-10-7-31(8-11-36-20-23-42-29-26-39-17-14-33-5-2)9-12-37-21-24-43-30-27-40-18-15-34-6-3/h4-30H2,1-3H3. The Kier molecular flexibility index (Phi) is 39.0. The molecule has 0 aliphatic rings. The Morgan fingerprint density at radius 2 is 0.395 bits per heavy atom. The molecular formula is C30H63NO12. The first kappa shape index (κ1) is 42.5. The molecule has 0 saturated carbocycles. The average molecular weight is 630 g/mol. The van der Waals surface area contributed by atoms with Gasteiger partial charge in [-0.25, -0.2) is 0 Å². The lowest BCUT2D eigenvalue weighted by molar-refractivity contribution is -0.0136. The van der Waals surface area contributed by atoms with Crippen LogP contribution in [0.3, 0.4) is 0 Å². The van der Waals surface area contributed by atoms with Crippen LogP contribution in [0.5, 0.6) is 0 Å². The van der Waals surface area contributed by atoms with E-state index in [0.29, 0.717) is 159 Å². The summed E-state index contributed by atoms with van der Waals surface area (Å²) in [5, 5.41) is 0. The number of nitrogens with zero attached hydrogens (tertiary/aromatic N) is 1. The van der Waals surface area contributed by atoms with Gasteiger partial charge in [0.15, 0.2) is 0 Å². The van der Waals surface area contributed by atoms with Crippen LogP contribution in [0.1, 0.15) is 20.8 Å². The predicted octanol–water partition coefficient (Wildman–Crippen LogP) is 1.55. The zero-order valence-corrected chi connectivity index (χ0v) is 27.4. The maximum Gasteiger partial charge on any atom is 0.0701 e. The van der Waals surface area contributed by atoms with Crippen molar-refractivity contribution in [3.8, 4) is 0 Å². The number of hydrogen-bond acceptors (Lipinski definition) is 13. The van der Waals surface area contributed by atoms with Gasteiger partial charge in [-0.2, -0.15) is 0 Å². The molecule has 0 aromatic heterocycles. The van der Waals surface area contributed by atoms with Crippen LogP contribution in [-0.4, -0.2) is 183 Å². The molecule has 0 aliphatic heterocycles. The molecule has 13 nitrogen and oxygen atoms in total. The quantitative estimate of drug-likeness (QED) is 0.0918. The Balaban J connectivity index is 3.90. The van der Waals surface area contributed by atoms with E-state index < -0.39 is 0 Å². The molecule has 0 spiro atoms. The lowest BCUT2D eigenvalue weighted by Crippen LogP contribution is -2.34. The first-order chi connectivity index (χ1) is 21.3. The first-order valence-electron chi connectivity index (χ1n) is 16.0. The van der Waals surface area contributed by atoms with Crippen molar-refractivity contribution in [1.29, 1.82) is 0 Å². The monoisotopic (exact) mass is 629 g/mol. The molecule has 0 saturated heterocycles. The summed E-state index contributed by atoms with van der Waals surface area (Å²) in [4.78, 5) is 2.27. The maximum atomic E-state index is 5.76. The van der Waals surface area contributed by atoms with Gasteiger partial charge in [0.05, 0.1) is 139 Å². The topological polar surface area (TPSA) is 114 Å². The summed E-state index contributed by atoms with van der Waals surface area (Å²) in [6.45, 7) is 22.3. The highest BCUT2D eigenvalue weighted by Gasteiger charge is 2.06. The highest BCUT2D eigenvalue weighted by Crippen LogP contribution is 1.93. The molecule has 0 N–H and O–H groups in total. The van der Waals surface area contributed by atoms with Gasteiger partial charge in [0.1, 0.15) is 0 Å². The molecule has 260 valence electrons. The van der Waals surface area contributed by atoms with E-state index in [-0.39, 0.29) is 0 Å². The fourth-order valence-electron chi connectivity index (χ4n) is 3.33. The summed E-state index contributed by atoms with van der Waals surface area (Å²) in [6.07, 6.45) is 0. The molecule has 0 unspecified atom stereocenters. The molecular weight excluding hydrogens is 566 g/mol. The zero-order chi connectivity index (χ0) is 31.2. The Morgan fingerprint density at radius 3 is 0.581 bits per heavy atom. The lowest BCUT2D eigenvalue weighted by Gasteiger charge is -2.22. The van der Waals surface area contributed by atoms with Crippen molar-refractivity contribution in [2.24, 2.45) is 0 Å². The third-order valence-corrected chi connectivity index (χ3v) is 5.62. The minimum Gasteiger partial charge on any atom is -0.379 e. The van der Waals surface area contributed by atoms with Crippen molar-refractivity contribution in [3.05, 3.63) is 0 Å². The van der Waals surface area contributed by atoms with Crippen LogP contribution >= 0.6 is 0 Å². The summed E-state index contributed by atoms with van der Waals surface area (Å²) < 4.78 is 65.9. The van der Waals surface area contributed by atoms with E-state index >= 15 is 0 Å². The van der Waals surface area contributed by atoms with Gasteiger partial charge in [-0.15, -0.1) is 0 Å². The van der Waals surface area contributed by atoms with Crippen LogP contribution in [-0.2, 0) is 56.8 Å². The van der Waals surface area contributed by atoms with Crippen LogP contribution in [0.2, 0.25) is 0 Å². The normalized spacial score (nSPS) is 11.7. The van der Waals surface area contributed by atoms with Crippen LogP contribution in [0.15, 0.2) is 0 Å². The highest BCUT2D eigenvalue weighted by molar-refractivity contribution is 4.57. The second kappa shape index (κ2) is 39.5. The molecule has 43 heavy (non-hydrogen) atoms.